The van der Waals surface area contributed by atoms with Crippen LogP contribution in [0.4, 0.5) is 0 Å². The first-order valence-corrected chi connectivity index (χ1v) is 20.0. The molecular formula is C53H33N3O2. The molecule has 4 bridgehead atoms. The van der Waals surface area contributed by atoms with Gasteiger partial charge >= 0.3 is 0 Å². The summed E-state index contributed by atoms with van der Waals surface area (Å²) in [5, 5.41) is 4.47. The molecule has 1 fully saturated rings. The number of hydrogen-bond donors (Lipinski definition) is 0. The van der Waals surface area contributed by atoms with Gasteiger partial charge in [0, 0.05) is 55.3 Å². The number of furan rings is 2. The first kappa shape index (κ1) is 31.8. The maximum Gasteiger partial charge on any atom is 0.164 e. The topological polar surface area (TPSA) is 65.0 Å². The van der Waals surface area contributed by atoms with E-state index in [0.29, 0.717) is 35.2 Å². The number of rotatable bonds is 5. The molecule has 2 atom stereocenters. The van der Waals surface area contributed by atoms with Crippen LogP contribution in [-0.4, -0.2) is 15.0 Å². The third-order valence-corrected chi connectivity index (χ3v) is 12.6. The third-order valence-electron chi connectivity index (χ3n) is 12.6. The molecular weight excluding hydrogens is 711 g/mol. The van der Waals surface area contributed by atoms with Crippen LogP contribution in [0.3, 0.4) is 0 Å². The molecule has 58 heavy (non-hydrogen) atoms. The van der Waals surface area contributed by atoms with Gasteiger partial charge in [-0.1, -0.05) is 158 Å². The number of hydrogen-bond acceptors (Lipinski definition) is 5. The Morgan fingerprint density at radius 3 is 1.34 bits per heavy atom. The number of nitrogens with zero attached hydrogens (tertiary/aromatic N) is 3. The van der Waals surface area contributed by atoms with E-state index in [1.165, 1.54) is 11.1 Å². The van der Waals surface area contributed by atoms with Crippen LogP contribution in [0.1, 0.15) is 23.0 Å². The second-order valence-corrected chi connectivity index (χ2v) is 15.8. The van der Waals surface area contributed by atoms with E-state index in [1.54, 1.807) is 0 Å². The minimum atomic E-state index is 0.267. The molecule has 5 heteroatoms. The Morgan fingerprint density at radius 1 is 0.362 bits per heavy atom. The lowest BCUT2D eigenvalue weighted by atomic mass is 9.92. The van der Waals surface area contributed by atoms with E-state index in [0.717, 1.165) is 82.8 Å². The van der Waals surface area contributed by atoms with Gasteiger partial charge in [-0.3, -0.25) is 0 Å². The number of benzene rings is 7. The molecule has 0 radical (unpaired) electrons. The summed E-state index contributed by atoms with van der Waals surface area (Å²) in [4.78, 5) is 15.5. The van der Waals surface area contributed by atoms with Crippen molar-refractivity contribution in [3.63, 3.8) is 0 Å². The Bertz CT molecular complexity index is 3170. The van der Waals surface area contributed by atoms with Gasteiger partial charge in [0.2, 0.25) is 0 Å². The van der Waals surface area contributed by atoms with Crippen LogP contribution in [0.15, 0.2) is 185 Å². The summed E-state index contributed by atoms with van der Waals surface area (Å²) in [6.07, 6.45) is 9.61. The van der Waals surface area contributed by atoms with E-state index < -0.39 is 0 Å². The monoisotopic (exact) mass is 743 g/mol. The zero-order chi connectivity index (χ0) is 37.9. The van der Waals surface area contributed by atoms with E-state index in [-0.39, 0.29) is 5.92 Å². The summed E-state index contributed by atoms with van der Waals surface area (Å²) in [6.45, 7) is 0. The summed E-state index contributed by atoms with van der Waals surface area (Å²) < 4.78 is 12.8. The van der Waals surface area contributed by atoms with Gasteiger partial charge in [0.15, 0.2) is 17.5 Å². The Labute approximate surface area is 333 Å². The average Bonchev–Trinajstić information content (AvgIpc) is 3.84. The maximum atomic E-state index is 6.38. The molecule has 0 N–H and O–H groups in total. The molecule has 0 amide bonds. The number of aromatic nitrogens is 3. The number of allylic oxidation sites excluding steroid dienone is 4. The zero-order valence-corrected chi connectivity index (χ0v) is 31.2. The lowest BCUT2D eigenvalue weighted by Gasteiger charge is -2.15. The molecule has 10 aromatic rings. The molecule has 3 aromatic heterocycles. The molecule has 7 aromatic carbocycles. The third kappa shape index (κ3) is 4.80. The Morgan fingerprint density at radius 2 is 0.810 bits per heavy atom. The van der Waals surface area contributed by atoms with Gasteiger partial charge in [0.25, 0.3) is 0 Å². The normalized spacial score (nSPS) is 18.9. The molecule has 0 aliphatic heterocycles. The quantitative estimate of drug-likeness (QED) is 0.164. The van der Waals surface area contributed by atoms with Gasteiger partial charge in [-0.25, -0.2) is 15.0 Å². The van der Waals surface area contributed by atoms with Crippen molar-refractivity contribution in [1.29, 1.82) is 0 Å². The Kier molecular flexibility index (Phi) is 6.61. The van der Waals surface area contributed by atoms with Crippen LogP contribution in [0.25, 0.3) is 100 Å². The molecule has 4 aliphatic rings. The fraction of sp³-hybridized carbons (Fsp3) is 0.0755. The highest BCUT2D eigenvalue weighted by Crippen LogP contribution is 2.61. The smallest absolute Gasteiger partial charge is 0.164 e. The van der Waals surface area contributed by atoms with Gasteiger partial charge in [-0.05, 0) is 58.2 Å². The number of fused-ring (bicyclic) bond motifs is 6. The second kappa shape index (κ2) is 12.1. The molecule has 3 heterocycles. The SMILES string of the molecule is C1=CC2C3C=CC1c1cc(-c4nc(-c5ccc(-c6cccc7c6oc6ccccc67)cc5)nc(-c5ccc(-c6cccc7c6oc6ccccc67)cc5)n4)ccc1C23. The van der Waals surface area contributed by atoms with E-state index in [9.17, 15) is 0 Å². The minimum Gasteiger partial charge on any atom is -0.455 e. The summed E-state index contributed by atoms with van der Waals surface area (Å²) in [5.41, 5.74) is 13.4. The first-order valence-electron chi connectivity index (χ1n) is 20.0. The highest BCUT2D eigenvalue weighted by atomic mass is 16.3. The van der Waals surface area contributed by atoms with E-state index in [1.807, 2.05) is 24.3 Å². The maximum absolute atomic E-state index is 6.38. The summed E-state index contributed by atoms with van der Waals surface area (Å²) in [5.74, 6) is 3.99. The van der Waals surface area contributed by atoms with Crippen LogP contribution in [0.5, 0.6) is 0 Å². The van der Waals surface area contributed by atoms with Crippen molar-refractivity contribution in [2.24, 2.45) is 11.8 Å². The summed E-state index contributed by atoms with van der Waals surface area (Å²) >= 11 is 0. The Balaban J connectivity index is 0.920. The molecule has 4 aliphatic carbocycles. The molecule has 5 nitrogen and oxygen atoms in total. The molecule has 1 saturated carbocycles. The van der Waals surface area contributed by atoms with Crippen molar-refractivity contribution in [3.05, 3.63) is 187 Å². The largest absolute Gasteiger partial charge is 0.455 e. The minimum absolute atomic E-state index is 0.267. The van der Waals surface area contributed by atoms with Gasteiger partial charge in [0.1, 0.15) is 22.3 Å². The summed E-state index contributed by atoms with van der Waals surface area (Å²) in [6, 6.07) is 52.9. The van der Waals surface area contributed by atoms with Crippen molar-refractivity contribution < 1.29 is 8.83 Å². The van der Waals surface area contributed by atoms with Crippen molar-refractivity contribution >= 4 is 43.9 Å². The van der Waals surface area contributed by atoms with Crippen molar-refractivity contribution in [2.45, 2.75) is 11.8 Å². The van der Waals surface area contributed by atoms with Crippen molar-refractivity contribution in [2.75, 3.05) is 0 Å². The van der Waals surface area contributed by atoms with Gasteiger partial charge < -0.3 is 8.83 Å². The van der Waals surface area contributed by atoms with Crippen LogP contribution < -0.4 is 0 Å². The average molecular weight is 744 g/mol. The summed E-state index contributed by atoms with van der Waals surface area (Å²) in [7, 11) is 0. The second-order valence-electron chi connectivity index (χ2n) is 15.8. The molecule has 2 unspecified atom stereocenters. The van der Waals surface area contributed by atoms with Crippen molar-refractivity contribution in [3.8, 4) is 56.4 Å². The van der Waals surface area contributed by atoms with Crippen LogP contribution >= 0.6 is 0 Å². The van der Waals surface area contributed by atoms with E-state index in [2.05, 4.69) is 152 Å². The fourth-order valence-electron chi connectivity index (χ4n) is 9.65. The van der Waals surface area contributed by atoms with Crippen LogP contribution in [0, 0.1) is 11.8 Å². The highest BCUT2D eigenvalue weighted by Gasteiger charge is 2.51. The predicted octanol–water partition coefficient (Wildman–Crippen LogP) is 13.6. The molecule has 0 spiro atoms. The Hall–Kier alpha value is -7.37. The van der Waals surface area contributed by atoms with Crippen LogP contribution in [0.2, 0.25) is 0 Å². The standard InChI is InChI=1S/C53H33N3O2/c1-3-13-46-38(7-1)43-11-5-9-36(49(43)57-46)30-15-19-33(20-16-30)51-54-52(56-53(55-51)35-25-28-42-45(29-35)32-23-26-40-41(27-24-32)48(40)42)34-21-17-31(18-22-34)37-10-6-12-44-39-8-2-4-14-47(39)58-50(37)44/h1-29,32,40-41,48H. The van der Waals surface area contributed by atoms with E-state index in [4.69, 9.17) is 23.8 Å². The van der Waals surface area contributed by atoms with Gasteiger partial charge in [0.05, 0.1) is 0 Å². The van der Waals surface area contributed by atoms with Crippen LogP contribution in [-0.2, 0) is 0 Å². The predicted molar refractivity (Wildman–Crippen MR) is 232 cm³/mol. The highest BCUT2D eigenvalue weighted by molar-refractivity contribution is 6.10. The number of para-hydroxylation sites is 4. The van der Waals surface area contributed by atoms with E-state index >= 15 is 0 Å². The molecule has 0 saturated heterocycles. The van der Waals surface area contributed by atoms with Gasteiger partial charge in [-0.15, -0.1) is 0 Å². The molecule has 14 rings (SSSR count). The fourth-order valence-corrected chi connectivity index (χ4v) is 9.65. The first-order chi connectivity index (χ1) is 28.7. The lowest BCUT2D eigenvalue weighted by molar-refractivity contribution is 0.669. The van der Waals surface area contributed by atoms with Gasteiger partial charge in [-0.2, -0.15) is 0 Å². The molecule has 272 valence electrons. The zero-order valence-electron chi connectivity index (χ0n) is 31.2. The van der Waals surface area contributed by atoms with Crippen molar-refractivity contribution in [1.82, 2.24) is 15.0 Å². The lowest BCUT2D eigenvalue weighted by Crippen LogP contribution is -2.02.